The van der Waals surface area contributed by atoms with Gasteiger partial charge in [0.15, 0.2) is 11.6 Å². The van der Waals surface area contributed by atoms with Crippen molar-refractivity contribution in [2.75, 3.05) is 6.67 Å². The first-order chi connectivity index (χ1) is 16.5. The van der Waals surface area contributed by atoms with Crippen LogP contribution >= 0.6 is 0 Å². The predicted molar refractivity (Wildman–Crippen MR) is 119 cm³/mol. The first-order valence-corrected chi connectivity index (χ1v) is 12.2. The lowest BCUT2D eigenvalue weighted by Gasteiger charge is -2.30. The molecule has 13 heteroatoms. The number of carbonyl (C=O) groups is 1. The average molecular weight is 515 g/mol. The second-order valence-electron chi connectivity index (χ2n) is 8.28. The summed E-state index contributed by atoms with van der Waals surface area (Å²) in [6.07, 6.45) is 3.33. The van der Waals surface area contributed by atoms with Gasteiger partial charge in [0.1, 0.15) is 11.6 Å². The first kappa shape index (κ1) is 24.9. The van der Waals surface area contributed by atoms with Crippen LogP contribution in [0.1, 0.15) is 42.6 Å². The maximum Gasteiger partial charge on any atom is 0.387 e. The molecule has 1 atom stereocenters. The standard InChI is InChI=1S/C22H22F4N4O4S/c1-11(9-23)29-35(32,33)13-5-6-16(28-10-13)20-19(21(27)31)14-7-15(24)18(34-22(25)26)8-17(14)30(20)12-3-2-4-12/h5-8,10-12,22,29H,2-4,9H2,1H3,(H2,27,31)/t11-/m0/s1. The van der Waals surface area contributed by atoms with Crippen molar-refractivity contribution >= 4 is 26.8 Å². The molecule has 0 unspecified atom stereocenters. The molecular formula is C22H22F4N4O4S. The Hall–Kier alpha value is -3.19. The van der Waals surface area contributed by atoms with E-state index in [0.29, 0.717) is 12.8 Å². The fraction of sp³-hybridized carbons (Fsp3) is 0.364. The smallest absolute Gasteiger partial charge is 0.387 e. The van der Waals surface area contributed by atoms with Gasteiger partial charge in [-0.25, -0.2) is 21.9 Å². The fourth-order valence-electron chi connectivity index (χ4n) is 4.07. The number of sulfonamides is 1. The number of rotatable bonds is 9. The van der Waals surface area contributed by atoms with Crippen LogP contribution in [0.3, 0.4) is 0 Å². The molecule has 8 nitrogen and oxygen atoms in total. The molecule has 3 aromatic rings. The average Bonchev–Trinajstić information content (AvgIpc) is 3.06. The SMILES string of the molecule is C[C@@H](CF)NS(=O)(=O)c1ccc(-c2c(C(N)=O)c3cc(F)c(OC(F)F)cc3n2C2CCC2)nc1. The Kier molecular flexibility index (Phi) is 6.73. The van der Waals surface area contributed by atoms with E-state index >= 15 is 0 Å². The molecule has 1 aliphatic carbocycles. The number of nitrogens with one attached hydrogen (secondary N) is 1. The molecule has 0 bridgehead atoms. The Bertz CT molecular complexity index is 1370. The van der Waals surface area contributed by atoms with Crippen molar-refractivity contribution in [3.8, 4) is 17.1 Å². The molecule has 1 saturated carbocycles. The number of hydrogen-bond acceptors (Lipinski definition) is 5. The highest BCUT2D eigenvalue weighted by molar-refractivity contribution is 7.89. The van der Waals surface area contributed by atoms with E-state index in [1.807, 2.05) is 0 Å². The number of pyridine rings is 1. The van der Waals surface area contributed by atoms with Crippen LogP contribution in [0.25, 0.3) is 22.3 Å². The summed E-state index contributed by atoms with van der Waals surface area (Å²) in [7, 11) is -4.05. The molecule has 1 aliphatic rings. The van der Waals surface area contributed by atoms with Crippen molar-refractivity contribution in [1.29, 1.82) is 0 Å². The molecular weight excluding hydrogens is 492 g/mol. The zero-order valence-corrected chi connectivity index (χ0v) is 19.3. The molecule has 0 saturated heterocycles. The Morgan fingerprint density at radius 1 is 1.31 bits per heavy atom. The van der Waals surface area contributed by atoms with Crippen molar-refractivity contribution in [3.05, 3.63) is 41.8 Å². The number of aromatic nitrogens is 2. The third-order valence-corrected chi connectivity index (χ3v) is 7.41. The van der Waals surface area contributed by atoms with Crippen LogP contribution in [0, 0.1) is 5.82 Å². The maximum absolute atomic E-state index is 14.5. The van der Waals surface area contributed by atoms with E-state index in [0.717, 1.165) is 24.8 Å². The van der Waals surface area contributed by atoms with Gasteiger partial charge in [-0.3, -0.25) is 9.78 Å². The van der Waals surface area contributed by atoms with Crippen molar-refractivity contribution in [2.24, 2.45) is 5.73 Å². The summed E-state index contributed by atoms with van der Waals surface area (Å²) in [6.45, 7) is -2.79. The normalized spacial score (nSPS) is 15.4. The van der Waals surface area contributed by atoms with E-state index in [4.69, 9.17) is 5.73 Å². The molecule has 3 N–H and O–H groups in total. The molecule has 2 heterocycles. The van der Waals surface area contributed by atoms with Crippen molar-refractivity contribution in [3.63, 3.8) is 0 Å². The number of ether oxygens (including phenoxy) is 1. The molecule has 35 heavy (non-hydrogen) atoms. The van der Waals surface area contributed by atoms with Gasteiger partial charge in [0.2, 0.25) is 10.0 Å². The number of alkyl halides is 3. The number of carbonyl (C=O) groups excluding carboxylic acids is 1. The highest BCUT2D eigenvalue weighted by Gasteiger charge is 2.31. The molecule has 188 valence electrons. The molecule has 0 spiro atoms. The zero-order valence-electron chi connectivity index (χ0n) is 18.5. The second-order valence-corrected chi connectivity index (χ2v) is 9.99. The zero-order chi connectivity index (χ0) is 25.5. The molecule has 1 fully saturated rings. The summed E-state index contributed by atoms with van der Waals surface area (Å²) in [5, 5.41) is 0.0930. The summed E-state index contributed by atoms with van der Waals surface area (Å²) in [6, 6.07) is 3.48. The highest BCUT2D eigenvalue weighted by Crippen LogP contribution is 2.43. The molecule has 0 radical (unpaired) electrons. The maximum atomic E-state index is 14.5. The summed E-state index contributed by atoms with van der Waals surface area (Å²) in [5.74, 6) is -2.68. The van der Waals surface area contributed by atoms with Crippen LogP contribution in [0.5, 0.6) is 5.75 Å². The van der Waals surface area contributed by atoms with Gasteiger partial charge in [-0.2, -0.15) is 8.78 Å². The minimum absolute atomic E-state index is 0.0818. The Labute approximate surface area is 198 Å². The minimum Gasteiger partial charge on any atom is -0.432 e. The van der Waals surface area contributed by atoms with E-state index in [1.54, 1.807) is 4.57 Å². The molecule has 0 aliphatic heterocycles. The van der Waals surface area contributed by atoms with Crippen LogP contribution in [0.15, 0.2) is 35.4 Å². The van der Waals surface area contributed by atoms with Crippen LogP contribution in [0.2, 0.25) is 0 Å². The van der Waals surface area contributed by atoms with Crippen molar-refractivity contribution < 1.29 is 35.5 Å². The Balaban J connectivity index is 1.91. The number of nitrogens with zero attached hydrogens (tertiary/aromatic N) is 2. The van der Waals surface area contributed by atoms with Gasteiger partial charge in [-0.05, 0) is 44.4 Å². The summed E-state index contributed by atoms with van der Waals surface area (Å²) >= 11 is 0. The van der Waals surface area contributed by atoms with Crippen LogP contribution < -0.4 is 15.2 Å². The van der Waals surface area contributed by atoms with Gasteiger partial charge in [0, 0.05) is 29.7 Å². The van der Waals surface area contributed by atoms with E-state index < -0.39 is 46.8 Å². The van der Waals surface area contributed by atoms with Gasteiger partial charge >= 0.3 is 6.61 Å². The third-order valence-electron chi connectivity index (χ3n) is 5.84. The van der Waals surface area contributed by atoms with Crippen LogP contribution in [-0.4, -0.2) is 43.2 Å². The molecule has 4 rings (SSSR count). The predicted octanol–water partition coefficient (Wildman–Crippen LogP) is 3.90. The number of hydrogen-bond donors (Lipinski definition) is 2. The summed E-state index contributed by atoms with van der Waals surface area (Å²) < 4.78 is 85.9. The van der Waals surface area contributed by atoms with E-state index in [1.165, 1.54) is 19.1 Å². The Morgan fingerprint density at radius 3 is 2.54 bits per heavy atom. The van der Waals surface area contributed by atoms with Gasteiger partial charge < -0.3 is 15.0 Å². The van der Waals surface area contributed by atoms with Crippen LogP contribution in [0.4, 0.5) is 17.6 Å². The second kappa shape index (κ2) is 9.46. The highest BCUT2D eigenvalue weighted by atomic mass is 32.2. The number of halogens is 4. The number of fused-ring (bicyclic) bond motifs is 1. The van der Waals surface area contributed by atoms with Gasteiger partial charge in [-0.1, -0.05) is 0 Å². The molecule has 2 aromatic heterocycles. The number of primary amides is 1. The van der Waals surface area contributed by atoms with Gasteiger partial charge in [-0.15, -0.1) is 0 Å². The third kappa shape index (κ3) is 4.69. The summed E-state index contributed by atoms with van der Waals surface area (Å²) in [5.41, 5.74) is 6.18. The molecule has 1 aromatic carbocycles. The number of benzene rings is 1. The number of amides is 1. The van der Waals surface area contributed by atoms with E-state index in [2.05, 4.69) is 14.4 Å². The number of nitrogens with two attached hydrogens (primary N) is 1. The molecule has 1 amide bonds. The monoisotopic (exact) mass is 514 g/mol. The topological polar surface area (TPSA) is 116 Å². The van der Waals surface area contributed by atoms with Gasteiger partial charge in [0.05, 0.1) is 22.5 Å². The lowest BCUT2D eigenvalue weighted by atomic mass is 9.92. The van der Waals surface area contributed by atoms with Crippen molar-refractivity contribution in [2.45, 2.75) is 49.8 Å². The van der Waals surface area contributed by atoms with Crippen LogP contribution in [-0.2, 0) is 10.0 Å². The lowest BCUT2D eigenvalue weighted by molar-refractivity contribution is -0.0521. The van der Waals surface area contributed by atoms with Crippen molar-refractivity contribution in [1.82, 2.24) is 14.3 Å². The van der Waals surface area contributed by atoms with E-state index in [-0.39, 0.29) is 38.8 Å². The quantitative estimate of drug-likeness (QED) is 0.420. The van der Waals surface area contributed by atoms with Gasteiger partial charge in [0.25, 0.3) is 5.91 Å². The fourth-order valence-corrected chi connectivity index (χ4v) is 5.23. The van der Waals surface area contributed by atoms with E-state index in [9.17, 15) is 30.8 Å². The minimum atomic E-state index is -4.05. The largest absolute Gasteiger partial charge is 0.432 e. The Morgan fingerprint density at radius 2 is 2.03 bits per heavy atom. The lowest BCUT2D eigenvalue weighted by Crippen LogP contribution is -2.34. The first-order valence-electron chi connectivity index (χ1n) is 10.7. The summed E-state index contributed by atoms with van der Waals surface area (Å²) in [4.78, 5) is 16.4.